The predicted molar refractivity (Wildman–Crippen MR) is 72.3 cm³/mol. The molecule has 0 aliphatic heterocycles. The van der Waals surface area contributed by atoms with Crippen LogP contribution in [0.15, 0.2) is 4.90 Å². The summed E-state index contributed by atoms with van der Waals surface area (Å²) in [6, 6.07) is 0. The molecule has 0 aliphatic carbocycles. The van der Waals surface area contributed by atoms with E-state index >= 15 is 0 Å². The number of hydrogen-bond donors (Lipinski definition) is 2. The molecule has 0 radical (unpaired) electrons. The van der Waals surface area contributed by atoms with Crippen molar-refractivity contribution in [1.82, 2.24) is 4.37 Å². The SMILES string of the molecule is CCCCCNc1snc(N)c1S(=O)(=O)CC. The summed E-state index contributed by atoms with van der Waals surface area (Å²) in [4.78, 5) is 0.168. The van der Waals surface area contributed by atoms with Crippen molar-refractivity contribution in [2.75, 3.05) is 23.3 Å². The highest BCUT2D eigenvalue weighted by molar-refractivity contribution is 7.91. The molecule has 0 spiro atoms. The second-order valence-electron chi connectivity index (χ2n) is 3.76. The van der Waals surface area contributed by atoms with Gasteiger partial charge in [-0.05, 0) is 18.0 Å². The molecule has 1 aromatic rings. The van der Waals surface area contributed by atoms with E-state index in [4.69, 9.17) is 5.73 Å². The molecule has 98 valence electrons. The summed E-state index contributed by atoms with van der Waals surface area (Å²) < 4.78 is 27.6. The Hall–Kier alpha value is -0.820. The third kappa shape index (κ3) is 3.57. The van der Waals surface area contributed by atoms with Gasteiger partial charge in [0.05, 0.1) is 5.75 Å². The molecule has 0 atom stereocenters. The van der Waals surface area contributed by atoms with Gasteiger partial charge in [0.2, 0.25) is 0 Å². The molecule has 0 aromatic carbocycles. The van der Waals surface area contributed by atoms with Crippen LogP contribution in [-0.4, -0.2) is 25.1 Å². The Morgan fingerprint density at radius 1 is 1.35 bits per heavy atom. The molecule has 17 heavy (non-hydrogen) atoms. The van der Waals surface area contributed by atoms with Crippen LogP contribution in [0.1, 0.15) is 33.1 Å². The second kappa shape index (κ2) is 6.20. The minimum absolute atomic E-state index is 0.0409. The Bertz CT molecular complexity index is 454. The van der Waals surface area contributed by atoms with Crippen molar-refractivity contribution in [2.24, 2.45) is 0 Å². The average Bonchev–Trinajstić information content (AvgIpc) is 2.67. The molecule has 0 fully saturated rings. The number of nitrogens with zero attached hydrogens (tertiary/aromatic N) is 1. The van der Waals surface area contributed by atoms with Crippen LogP contribution in [0.4, 0.5) is 10.8 Å². The Kier molecular flexibility index (Phi) is 5.20. The molecule has 0 saturated carbocycles. The van der Waals surface area contributed by atoms with Gasteiger partial charge in [0, 0.05) is 6.54 Å². The number of unbranched alkanes of at least 4 members (excludes halogenated alkanes) is 2. The van der Waals surface area contributed by atoms with Gasteiger partial charge in [0.25, 0.3) is 0 Å². The monoisotopic (exact) mass is 277 g/mol. The zero-order chi connectivity index (χ0) is 12.9. The zero-order valence-corrected chi connectivity index (χ0v) is 11.8. The minimum Gasteiger partial charge on any atom is -0.382 e. The molecule has 1 rings (SSSR count). The Labute approximate surface area is 107 Å². The third-order valence-corrected chi connectivity index (χ3v) is 5.17. The van der Waals surface area contributed by atoms with Crippen molar-refractivity contribution in [3.8, 4) is 0 Å². The maximum absolute atomic E-state index is 11.8. The first-order valence-corrected chi connectivity index (χ1v) is 8.17. The first-order valence-electron chi connectivity index (χ1n) is 5.74. The zero-order valence-electron chi connectivity index (χ0n) is 10.2. The number of rotatable bonds is 7. The molecule has 3 N–H and O–H groups in total. The van der Waals surface area contributed by atoms with Crippen LogP contribution < -0.4 is 11.1 Å². The van der Waals surface area contributed by atoms with Crippen LogP contribution in [0.5, 0.6) is 0 Å². The first kappa shape index (κ1) is 14.2. The fourth-order valence-corrected chi connectivity index (χ4v) is 3.62. The normalized spacial score (nSPS) is 11.6. The summed E-state index contributed by atoms with van der Waals surface area (Å²) in [7, 11) is -3.30. The highest BCUT2D eigenvalue weighted by Crippen LogP contribution is 2.32. The molecule has 0 unspecified atom stereocenters. The number of nitrogen functional groups attached to an aromatic ring is 1. The molecule has 5 nitrogen and oxygen atoms in total. The first-order chi connectivity index (χ1) is 8.03. The summed E-state index contributed by atoms with van der Waals surface area (Å²) >= 11 is 1.11. The van der Waals surface area contributed by atoms with Crippen molar-refractivity contribution >= 4 is 32.2 Å². The maximum Gasteiger partial charge on any atom is 0.184 e. The van der Waals surface area contributed by atoms with Gasteiger partial charge >= 0.3 is 0 Å². The summed E-state index contributed by atoms with van der Waals surface area (Å²) in [6.07, 6.45) is 3.27. The lowest BCUT2D eigenvalue weighted by atomic mass is 10.2. The highest BCUT2D eigenvalue weighted by atomic mass is 32.2. The van der Waals surface area contributed by atoms with E-state index in [1.807, 2.05) is 0 Å². The third-order valence-electron chi connectivity index (χ3n) is 2.43. The average molecular weight is 277 g/mol. The van der Waals surface area contributed by atoms with Gasteiger partial charge in [0.1, 0.15) is 9.90 Å². The summed E-state index contributed by atoms with van der Waals surface area (Å²) in [6.45, 7) is 4.48. The topological polar surface area (TPSA) is 85.1 Å². The summed E-state index contributed by atoms with van der Waals surface area (Å²) in [5, 5.41) is 3.68. The lowest BCUT2D eigenvalue weighted by Gasteiger charge is -2.06. The smallest absolute Gasteiger partial charge is 0.184 e. The van der Waals surface area contributed by atoms with Crippen molar-refractivity contribution in [3.63, 3.8) is 0 Å². The molecular formula is C10H19N3O2S2. The van der Waals surface area contributed by atoms with E-state index in [2.05, 4.69) is 16.6 Å². The van der Waals surface area contributed by atoms with Crippen molar-refractivity contribution in [3.05, 3.63) is 0 Å². The molecule has 0 amide bonds. The molecule has 1 heterocycles. The second-order valence-corrected chi connectivity index (χ2v) is 6.75. The van der Waals surface area contributed by atoms with Crippen LogP contribution in [0.25, 0.3) is 0 Å². The number of hydrogen-bond acceptors (Lipinski definition) is 6. The summed E-state index contributed by atoms with van der Waals surface area (Å²) in [5.41, 5.74) is 5.61. The van der Waals surface area contributed by atoms with Crippen LogP contribution in [0.2, 0.25) is 0 Å². The largest absolute Gasteiger partial charge is 0.382 e. The Morgan fingerprint density at radius 2 is 2.06 bits per heavy atom. The van der Waals surface area contributed by atoms with Gasteiger partial charge in [0.15, 0.2) is 15.7 Å². The van der Waals surface area contributed by atoms with E-state index in [1.165, 1.54) is 0 Å². The van der Waals surface area contributed by atoms with E-state index in [-0.39, 0.29) is 16.5 Å². The van der Waals surface area contributed by atoms with Crippen molar-refractivity contribution in [1.29, 1.82) is 0 Å². The van der Waals surface area contributed by atoms with Crippen LogP contribution in [0.3, 0.4) is 0 Å². The predicted octanol–water partition coefficient (Wildman–Crippen LogP) is 2.12. The number of nitrogens with two attached hydrogens (primary N) is 1. The van der Waals surface area contributed by atoms with Gasteiger partial charge in [-0.2, -0.15) is 4.37 Å². The number of nitrogens with one attached hydrogen (secondary N) is 1. The van der Waals surface area contributed by atoms with E-state index in [0.717, 1.165) is 37.3 Å². The Morgan fingerprint density at radius 3 is 2.65 bits per heavy atom. The molecule has 0 bridgehead atoms. The molecule has 0 saturated heterocycles. The van der Waals surface area contributed by atoms with Gasteiger partial charge in [-0.25, -0.2) is 8.42 Å². The van der Waals surface area contributed by atoms with Gasteiger partial charge < -0.3 is 11.1 Å². The van der Waals surface area contributed by atoms with E-state index in [9.17, 15) is 8.42 Å². The van der Waals surface area contributed by atoms with E-state index < -0.39 is 9.84 Å². The molecular weight excluding hydrogens is 258 g/mol. The summed E-state index contributed by atoms with van der Waals surface area (Å²) in [5.74, 6) is 0.147. The number of anilines is 2. The number of sulfone groups is 1. The van der Waals surface area contributed by atoms with Gasteiger partial charge in [-0.1, -0.05) is 26.7 Å². The van der Waals surface area contributed by atoms with Gasteiger partial charge in [-0.15, -0.1) is 0 Å². The van der Waals surface area contributed by atoms with Crippen molar-refractivity contribution in [2.45, 2.75) is 38.0 Å². The lowest BCUT2D eigenvalue weighted by Crippen LogP contribution is -2.09. The molecule has 7 heteroatoms. The molecule has 0 aliphatic rings. The minimum atomic E-state index is -3.30. The number of aromatic nitrogens is 1. The van der Waals surface area contributed by atoms with E-state index in [0.29, 0.717) is 5.00 Å². The maximum atomic E-state index is 11.8. The van der Waals surface area contributed by atoms with Crippen LogP contribution in [0, 0.1) is 0 Å². The Balaban J connectivity index is 2.81. The van der Waals surface area contributed by atoms with Crippen molar-refractivity contribution < 1.29 is 8.42 Å². The highest BCUT2D eigenvalue weighted by Gasteiger charge is 2.23. The van der Waals surface area contributed by atoms with Crippen LogP contribution >= 0.6 is 11.5 Å². The van der Waals surface area contributed by atoms with E-state index in [1.54, 1.807) is 6.92 Å². The fourth-order valence-electron chi connectivity index (χ4n) is 1.43. The van der Waals surface area contributed by atoms with Crippen LogP contribution in [-0.2, 0) is 9.84 Å². The van der Waals surface area contributed by atoms with Gasteiger partial charge in [-0.3, -0.25) is 0 Å². The lowest BCUT2D eigenvalue weighted by molar-refractivity contribution is 0.598. The fraction of sp³-hybridized carbons (Fsp3) is 0.700. The molecule has 1 aromatic heterocycles. The quantitative estimate of drug-likeness (QED) is 0.746. The standard InChI is InChI=1S/C10H19N3O2S2/c1-3-5-6-7-12-10-8(9(11)13-16-10)17(14,15)4-2/h12H,3-7H2,1-2H3,(H2,11,13).